The predicted octanol–water partition coefficient (Wildman–Crippen LogP) is 5.01. The molecule has 5 rings (SSSR count). The Kier molecular flexibility index (Phi) is 5.31. The molecule has 1 N–H and O–H groups in total. The molecule has 1 aliphatic heterocycles. The van der Waals surface area contributed by atoms with Gasteiger partial charge in [0, 0.05) is 28.6 Å². The maximum absolute atomic E-state index is 13.1. The molecule has 0 spiro atoms. The number of alkyl halides is 3. The zero-order valence-corrected chi connectivity index (χ0v) is 17.7. The van der Waals surface area contributed by atoms with E-state index >= 15 is 0 Å². The molecule has 4 aromatic rings. The number of benzene rings is 3. The molecule has 2 heterocycles. The second-order valence-corrected chi connectivity index (χ2v) is 7.97. The summed E-state index contributed by atoms with van der Waals surface area (Å²) in [7, 11) is 0. The van der Waals surface area contributed by atoms with E-state index in [0.29, 0.717) is 12.3 Å². The minimum Gasteiger partial charge on any atom is -0.491 e. The Morgan fingerprint density at radius 3 is 2.41 bits per heavy atom. The molecule has 1 amide bonds. The number of aromatic amines is 1. The van der Waals surface area contributed by atoms with E-state index < -0.39 is 17.5 Å². The van der Waals surface area contributed by atoms with Gasteiger partial charge < -0.3 is 9.64 Å². The Bertz CT molecular complexity index is 1390. The van der Waals surface area contributed by atoms with Gasteiger partial charge in [-0.1, -0.05) is 24.3 Å². The second kappa shape index (κ2) is 8.33. The highest BCUT2D eigenvalue weighted by molar-refractivity contribution is 6.01. The van der Waals surface area contributed by atoms with Crippen LogP contribution in [0.1, 0.15) is 26.3 Å². The Hall–Kier alpha value is -4.14. The van der Waals surface area contributed by atoms with Crippen LogP contribution in [-0.4, -0.2) is 46.1 Å². The molecule has 9 heteroatoms. The maximum atomic E-state index is 13.1. The van der Waals surface area contributed by atoms with Crippen molar-refractivity contribution in [1.82, 2.24) is 15.1 Å². The van der Waals surface area contributed by atoms with Crippen molar-refractivity contribution in [1.29, 1.82) is 0 Å². The average Bonchev–Trinajstić information content (AvgIpc) is 3.20. The van der Waals surface area contributed by atoms with Gasteiger partial charge in [-0.3, -0.25) is 14.7 Å². The van der Waals surface area contributed by atoms with Gasteiger partial charge in [-0.15, -0.1) is 0 Å². The molecule has 34 heavy (non-hydrogen) atoms. The van der Waals surface area contributed by atoms with Gasteiger partial charge in [-0.2, -0.15) is 18.3 Å². The van der Waals surface area contributed by atoms with Gasteiger partial charge >= 0.3 is 6.18 Å². The summed E-state index contributed by atoms with van der Waals surface area (Å²) < 4.78 is 43.8. The van der Waals surface area contributed by atoms with Crippen LogP contribution in [0.2, 0.25) is 0 Å². The van der Waals surface area contributed by atoms with Crippen LogP contribution in [0.3, 0.4) is 0 Å². The number of halogens is 3. The summed E-state index contributed by atoms with van der Waals surface area (Å²) in [5.74, 6) is -1.62. The molecule has 0 aliphatic carbocycles. The smallest absolute Gasteiger partial charge is 0.454 e. The first-order valence-corrected chi connectivity index (χ1v) is 10.5. The maximum Gasteiger partial charge on any atom is 0.454 e. The van der Waals surface area contributed by atoms with Crippen molar-refractivity contribution in [3.8, 4) is 16.9 Å². The average molecular weight is 465 g/mol. The van der Waals surface area contributed by atoms with E-state index in [4.69, 9.17) is 4.74 Å². The van der Waals surface area contributed by atoms with Crippen molar-refractivity contribution in [3.05, 3.63) is 83.6 Å². The number of ether oxygens (including phenoxy) is 1. The van der Waals surface area contributed by atoms with E-state index in [9.17, 15) is 22.8 Å². The fourth-order valence-corrected chi connectivity index (χ4v) is 3.98. The number of nitrogens with one attached hydrogen (secondary N) is 1. The number of amides is 1. The summed E-state index contributed by atoms with van der Waals surface area (Å²) >= 11 is 0. The van der Waals surface area contributed by atoms with Crippen molar-refractivity contribution in [3.63, 3.8) is 0 Å². The van der Waals surface area contributed by atoms with Crippen molar-refractivity contribution in [2.45, 2.75) is 12.7 Å². The number of hydrogen-bond donors (Lipinski definition) is 1. The largest absolute Gasteiger partial charge is 0.491 e. The van der Waals surface area contributed by atoms with E-state index in [1.165, 1.54) is 12.1 Å². The third-order valence-electron chi connectivity index (χ3n) is 5.75. The molecule has 0 saturated carbocycles. The molecule has 0 bridgehead atoms. The van der Waals surface area contributed by atoms with Crippen LogP contribution in [0.5, 0.6) is 5.75 Å². The Labute approximate surface area is 192 Å². The molecule has 0 atom stereocenters. The predicted molar refractivity (Wildman–Crippen MR) is 119 cm³/mol. The quantitative estimate of drug-likeness (QED) is 0.432. The lowest BCUT2D eigenvalue weighted by atomic mass is 10.0. The van der Waals surface area contributed by atoms with E-state index in [-0.39, 0.29) is 24.6 Å². The SMILES string of the molecule is O=C(c1ccc(C(=O)C(F)(F)F)cc1)N1CCOc2ccc(-c3ccc4[nH]ncc4c3)cc2C1. The molecular weight excluding hydrogens is 447 g/mol. The molecule has 0 unspecified atom stereocenters. The molecule has 1 aliphatic rings. The fourth-order valence-electron chi connectivity index (χ4n) is 3.98. The third kappa shape index (κ3) is 4.12. The third-order valence-corrected chi connectivity index (χ3v) is 5.75. The second-order valence-electron chi connectivity index (χ2n) is 7.97. The van der Waals surface area contributed by atoms with E-state index in [0.717, 1.165) is 39.7 Å². The molecule has 0 saturated heterocycles. The fraction of sp³-hybridized carbons (Fsp3) is 0.160. The van der Waals surface area contributed by atoms with Gasteiger partial charge in [-0.05, 0) is 47.5 Å². The van der Waals surface area contributed by atoms with E-state index in [1.54, 1.807) is 11.1 Å². The van der Waals surface area contributed by atoms with E-state index in [1.807, 2.05) is 36.4 Å². The van der Waals surface area contributed by atoms with Crippen LogP contribution in [0.25, 0.3) is 22.0 Å². The topological polar surface area (TPSA) is 75.3 Å². The summed E-state index contributed by atoms with van der Waals surface area (Å²) in [6, 6.07) is 16.3. The summed E-state index contributed by atoms with van der Waals surface area (Å²) in [5, 5.41) is 7.94. The van der Waals surface area contributed by atoms with Gasteiger partial charge in [0.1, 0.15) is 12.4 Å². The summed E-state index contributed by atoms with van der Waals surface area (Å²) in [4.78, 5) is 26.0. The number of ketones is 1. The lowest BCUT2D eigenvalue weighted by Crippen LogP contribution is -2.32. The number of H-pyrrole nitrogens is 1. The summed E-state index contributed by atoms with van der Waals surface area (Å²) in [6.45, 7) is 0.871. The lowest BCUT2D eigenvalue weighted by molar-refractivity contribution is -0.0885. The van der Waals surface area contributed by atoms with Gasteiger partial charge in [0.05, 0.1) is 18.3 Å². The first-order chi connectivity index (χ1) is 16.3. The summed E-state index contributed by atoms with van der Waals surface area (Å²) in [6.07, 6.45) is -3.21. The molecule has 172 valence electrons. The number of aromatic nitrogens is 2. The number of carbonyl (C=O) groups is 2. The molecule has 0 fully saturated rings. The number of rotatable bonds is 3. The molecule has 0 radical (unpaired) electrons. The Balaban J connectivity index is 1.39. The first kappa shape index (κ1) is 21.7. The monoisotopic (exact) mass is 465 g/mol. The summed E-state index contributed by atoms with van der Waals surface area (Å²) in [5.41, 5.74) is 3.39. The van der Waals surface area contributed by atoms with Gasteiger partial charge in [0.15, 0.2) is 0 Å². The molecule has 3 aromatic carbocycles. The van der Waals surface area contributed by atoms with Crippen molar-refractivity contribution in [2.75, 3.05) is 13.2 Å². The van der Waals surface area contributed by atoms with Crippen LogP contribution in [0.15, 0.2) is 66.9 Å². The number of hydrogen-bond acceptors (Lipinski definition) is 4. The first-order valence-electron chi connectivity index (χ1n) is 10.5. The molecule has 6 nitrogen and oxygen atoms in total. The number of nitrogens with zero attached hydrogens (tertiary/aromatic N) is 2. The zero-order valence-electron chi connectivity index (χ0n) is 17.7. The Morgan fingerprint density at radius 2 is 1.65 bits per heavy atom. The molecule has 1 aromatic heterocycles. The number of fused-ring (bicyclic) bond motifs is 2. The van der Waals surface area contributed by atoms with Crippen molar-refractivity contribution >= 4 is 22.6 Å². The lowest BCUT2D eigenvalue weighted by Gasteiger charge is -2.20. The van der Waals surface area contributed by atoms with Gasteiger partial charge in [0.25, 0.3) is 11.7 Å². The minimum atomic E-state index is -4.96. The van der Waals surface area contributed by atoms with Crippen LogP contribution in [-0.2, 0) is 6.54 Å². The zero-order chi connectivity index (χ0) is 23.9. The van der Waals surface area contributed by atoms with Crippen molar-refractivity contribution in [2.24, 2.45) is 0 Å². The van der Waals surface area contributed by atoms with Gasteiger partial charge in [-0.25, -0.2) is 0 Å². The van der Waals surface area contributed by atoms with Crippen LogP contribution >= 0.6 is 0 Å². The number of Topliss-reactive ketones (excluding diaryl/α,β-unsaturated/α-hetero) is 1. The molecular formula is C25H18F3N3O3. The number of carbonyl (C=O) groups excluding carboxylic acids is 2. The van der Waals surface area contributed by atoms with Crippen LogP contribution < -0.4 is 4.74 Å². The van der Waals surface area contributed by atoms with Crippen LogP contribution in [0.4, 0.5) is 13.2 Å². The standard InChI is InChI=1S/C25H18F3N3O3/c26-25(27,28)23(32)15-1-3-16(4-2-15)24(33)31-9-10-34-22-8-6-18(12-20(22)14-31)17-5-7-21-19(11-17)13-29-30-21/h1-8,11-13H,9-10,14H2,(H,29,30). The highest BCUT2D eigenvalue weighted by Crippen LogP contribution is 2.31. The van der Waals surface area contributed by atoms with Gasteiger partial charge in [0.2, 0.25) is 0 Å². The van der Waals surface area contributed by atoms with Crippen molar-refractivity contribution < 1.29 is 27.5 Å². The highest BCUT2D eigenvalue weighted by atomic mass is 19.4. The normalized spacial score (nSPS) is 13.8. The Morgan fingerprint density at radius 1 is 0.941 bits per heavy atom. The van der Waals surface area contributed by atoms with E-state index in [2.05, 4.69) is 10.2 Å². The highest BCUT2D eigenvalue weighted by Gasteiger charge is 2.39. The van der Waals surface area contributed by atoms with Crippen LogP contribution in [0, 0.1) is 0 Å². The minimum absolute atomic E-state index is 0.198.